The van der Waals surface area contributed by atoms with Gasteiger partial charge in [0.25, 0.3) is 0 Å². The number of nitrogens with zero attached hydrogens (tertiary/aromatic N) is 1. The van der Waals surface area contributed by atoms with Gasteiger partial charge in [0.1, 0.15) is 11.9 Å². The molecule has 2 rings (SSSR count). The average molecular weight is 204 g/mol. The van der Waals surface area contributed by atoms with Crippen molar-refractivity contribution in [3.8, 4) is 5.75 Å². The lowest BCUT2D eigenvalue weighted by Crippen LogP contribution is -1.97. The van der Waals surface area contributed by atoms with Crippen molar-refractivity contribution in [2.24, 2.45) is 0 Å². The number of methoxy groups -OCH3 is 1. The smallest absolute Gasteiger partial charge is 0.118 e. The number of benzene rings is 1. The van der Waals surface area contributed by atoms with Crippen LogP contribution in [0.2, 0.25) is 0 Å². The average Bonchev–Trinajstić information content (AvgIpc) is 2.82. The van der Waals surface area contributed by atoms with Gasteiger partial charge in [-0.3, -0.25) is 5.10 Å². The lowest BCUT2D eigenvalue weighted by Gasteiger charge is -2.09. The van der Waals surface area contributed by atoms with Crippen LogP contribution in [0.15, 0.2) is 36.7 Å². The highest BCUT2D eigenvalue weighted by Gasteiger charge is 2.10. The molecule has 0 spiro atoms. The maximum absolute atomic E-state index is 9.94. The van der Waals surface area contributed by atoms with E-state index in [0.29, 0.717) is 0 Å². The monoisotopic (exact) mass is 204 g/mol. The first-order valence-corrected chi connectivity index (χ1v) is 4.62. The van der Waals surface area contributed by atoms with Gasteiger partial charge in [0.2, 0.25) is 0 Å². The van der Waals surface area contributed by atoms with E-state index in [1.54, 1.807) is 19.5 Å². The first kappa shape index (κ1) is 9.73. The Morgan fingerprint density at radius 2 is 2.00 bits per heavy atom. The second kappa shape index (κ2) is 4.14. The molecule has 15 heavy (non-hydrogen) atoms. The number of rotatable bonds is 3. The third-order valence-corrected chi connectivity index (χ3v) is 2.27. The van der Waals surface area contributed by atoms with Crippen LogP contribution >= 0.6 is 0 Å². The molecule has 1 heterocycles. The van der Waals surface area contributed by atoms with E-state index in [1.165, 1.54) is 0 Å². The first-order chi connectivity index (χ1) is 7.31. The second-order valence-electron chi connectivity index (χ2n) is 3.21. The van der Waals surface area contributed by atoms with Crippen molar-refractivity contribution in [2.75, 3.05) is 7.11 Å². The summed E-state index contributed by atoms with van der Waals surface area (Å²) in [4.78, 5) is 0. The summed E-state index contributed by atoms with van der Waals surface area (Å²) >= 11 is 0. The molecule has 1 aromatic carbocycles. The maximum atomic E-state index is 9.94. The van der Waals surface area contributed by atoms with Crippen LogP contribution in [0.5, 0.6) is 5.75 Å². The quantitative estimate of drug-likeness (QED) is 0.796. The summed E-state index contributed by atoms with van der Waals surface area (Å²) in [5.41, 5.74) is 1.57. The van der Waals surface area contributed by atoms with Gasteiger partial charge in [-0.15, -0.1) is 0 Å². The number of H-pyrrole nitrogens is 1. The maximum Gasteiger partial charge on any atom is 0.118 e. The number of hydrogen-bond donors (Lipinski definition) is 2. The Labute approximate surface area is 87.5 Å². The van der Waals surface area contributed by atoms with Gasteiger partial charge < -0.3 is 9.84 Å². The van der Waals surface area contributed by atoms with Gasteiger partial charge in [-0.1, -0.05) is 12.1 Å². The predicted octanol–water partition coefficient (Wildman–Crippen LogP) is 1.50. The molecule has 0 aliphatic carbocycles. The zero-order valence-corrected chi connectivity index (χ0v) is 8.34. The second-order valence-corrected chi connectivity index (χ2v) is 3.21. The van der Waals surface area contributed by atoms with Gasteiger partial charge in [0.05, 0.1) is 13.3 Å². The van der Waals surface area contributed by atoms with Gasteiger partial charge in [-0.25, -0.2) is 0 Å². The fraction of sp³-hybridized carbons (Fsp3) is 0.182. The summed E-state index contributed by atoms with van der Waals surface area (Å²) in [5.74, 6) is 0.776. The third kappa shape index (κ3) is 1.99. The lowest BCUT2D eigenvalue weighted by molar-refractivity contribution is 0.220. The van der Waals surface area contributed by atoms with Crippen molar-refractivity contribution >= 4 is 0 Å². The molecular weight excluding hydrogens is 192 g/mol. The molecule has 0 radical (unpaired) electrons. The van der Waals surface area contributed by atoms with Crippen LogP contribution in [-0.4, -0.2) is 22.4 Å². The molecule has 2 aromatic rings. The zero-order valence-electron chi connectivity index (χ0n) is 8.34. The molecule has 4 heteroatoms. The van der Waals surface area contributed by atoms with Crippen LogP contribution in [0.1, 0.15) is 17.2 Å². The molecule has 2 N–H and O–H groups in total. The topological polar surface area (TPSA) is 58.1 Å². The minimum absolute atomic E-state index is 0.644. The molecule has 0 saturated carbocycles. The minimum atomic E-state index is -0.644. The lowest BCUT2D eigenvalue weighted by atomic mass is 10.0. The minimum Gasteiger partial charge on any atom is -0.497 e. The fourth-order valence-corrected chi connectivity index (χ4v) is 1.39. The molecule has 1 aromatic heterocycles. The van der Waals surface area contributed by atoms with Crippen LogP contribution < -0.4 is 4.74 Å². The molecule has 1 atom stereocenters. The summed E-state index contributed by atoms with van der Waals surface area (Å²) in [7, 11) is 1.61. The van der Waals surface area contributed by atoms with E-state index >= 15 is 0 Å². The van der Waals surface area contributed by atoms with Crippen molar-refractivity contribution in [3.63, 3.8) is 0 Å². The Hall–Kier alpha value is -1.81. The summed E-state index contributed by atoms with van der Waals surface area (Å²) in [6.07, 6.45) is 2.64. The van der Waals surface area contributed by atoms with E-state index in [0.717, 1.165) is 16.9 Å². The molecule has 78 valence electrons. The summed E-state index contributed by atoms with van der Waals surface area (Å²) in [6, 6.07) is 7.30. The molecule has 0 bridgehead atoms. The number of nitrogens with one attached hydrogen (secondary N) is 1. The molecule has 0 aliphatic rings. The van der Waals surface area contributed by atoms with E-state index in [4.69, 9.17) is 4.74 Å². The van der Waals surface area contributed by atoms with Gasteiger partial charge >= 0.3 is 0 Å². The van der Waals surface area contributed by atoms with Crippen LogP contribution in [0.25, 0.3) is 0 Å². The molecule has 4 nitrogen and oxygen atoms in total. The van der Waals surface area contributed by atoms with Crippen LogP contribution in [0.3, 0.4) is 0 Å². The van der Waals surface area contributed by atoms with Crippen LogP contribution in [0, 0.1) is 0 Å². The van der Waals surface area contributed by atoms with E-state index in [-0.39, 0.29) is 0 Å². The summed E-state index contributed by atoms with van der Waals surface area (Å²) in [5, 5.41) is 16.4. The molecule has 0 amide bonds. The standard InChI is InChI=1S/C11H12N2O2/c1-15-10-4-2-8(3-5-10)11(14)9-6-12-13-7-9/h2-7,11,14H,1H3,(H,12,13). The highest BCUT2D eigenvalue weighted by Crippen LogP contribution is 2.22. The van der Waals surface area contributed by atoms with E-state index < -0.39 is 6.10 Å². The number of hydrogen-bond acceptors (Lipinski definition) is 3. The first-order valence-electron chi connectivity index (χ1n) is 4.62. The van der Waals surface area contributed by atoms with Gasteiger partial charge in [-0.05, 0) is 17.7 Å². The number of ether oxygens (including phenoxy) is 1. The summed E-state index contributed by atoms with van der Waals surface area (Å²) < 4.78 is 5.04. The van der Waals surface area contributed by atoms with Gasteiger partial charge in [0, 0.05) is 11.8 Å². The van der Waals surface area contributed by atoms with E-state index in [1.807, 2.05) is 24.3 Å². The third-order valence-electron chi connectivity index (χ3n) is 2.27. The molecule has 0 fully saturated rings. The fourth-order valence-electron chi connectivity index (χ4n) is 1.39. The van der Waals surface area contributed by atoms with Crippen LogP contribution in [-0.2, 0) is 0 Å². The largest absolute Gasteiger partial charge is 0.497 e. The highest BCUT2D eigenvalue weighted by atomic mass is 16.5. The normalized spacial score (nSPS) is 12.4. The SMILES string of the molecule is COc1ccc(C(O)c2cn[nH]c2)cc1. The van der Waals surface area contributed by atoms with Crippen molar-refractivity contribution in [1.82, 2.24) is 10.2 Å². The molecular formula is C11H12N2O2. The number of aromatic amines is 1. The number of aliphatic hydroxyl groups is 1. The Morgan fingerprint density at radius 3 is 2.53 bits per heavy atom. The Kier molecular flexibility index (Phi) is 2.69. The van der Waals surface area contributed by atoms with Crippen molar-refractivity contribution in [1.29, 1.82) is 0 Å². The molecule has 1 unspecified atom stereocenters. The zero-order chi connectivity index (χ0) is 10.7. The molecule has 0 saturated heterocycles. The Bertz CT molecular complexity index is 409. The van der Waals surface area contributed by atoms with Crippen LogP contribution in [0.4, 0.5) is 0 Å². The number of aromatic nitrogens is 2. The van der Waals surface area contributed by atoms with E-state index in [2.05, 4.69) is 10.2 Å². The van der Waals surface area contributed by atoms with Crippen molar-refractivity contribution < 1.29 is 9.84 Å². The van der Waals surface area contributed by atoms with E-state index in [9.17, 15) is 5.11 Å². The number of aliphatic hydroxyl groups excluding tert-OH is 1. The molecule has 0 aliphatic heterocycles. The Morgan fingerprint density at radius 1 is 1.27 bits per heavy atom. The van der Waals surface area contributed by atoms with Crippen molar-refractivity contribution in [3.05, 3.63) is 47.8 Å². The van der Waals surface area contributed by atoms with Gasteiger partial charge in [-0.2, -0.15) is 5.10 Å². The van der Waals surface area contributed by atoms with Gasteiger partial charge in [0.15, 0.2) is 0 Å². The summed E-state index contributed by atoms with van der Waals surface area (Å²) in [6.45, 7) is 0. The Balaban J connectivity index is 2.22. The highest BCUT2D eigenvalue weighted by molar-refractivity contribution is 5.32. The predicted molar refractivity (Wildman–Crippen MR) is 55.6 cm³/mol. The van der Waals surface area contributed by atoms with Crippen molar-refractivity contribution in [2.45, 2.75) is 6.10 Å².